The molecule has 2 heterocycles. The first kappa shape index (κ1) is 20.1. The topological polar surface area (TPSA) is 116 Å². The van der Waals surface area contributed by atoms with Crippen LogP contribution >= 0.6 is 0 Å². The molecule has 0 bridgehead atoms. The summed E-state index contributed by atoms with van der Waals surface area (Å²) >= 11 is 0. The van der Waals surface area contributed by atoms with Crippen LogP contribution in [0.2, 0.25) is 0 Å². The minimum atomic E-state index is -1.07. The Bertz CT molecular complexity index is 1050. The largest absolute Gasteiger partial charge is 0.497 e. The molecule has 0 spiro atoms. The number of carboxylic acids is 1. The third-order valence-electron chi connectivity index (χ3n) is 4.56. The molecule has 0 saturated heterocycles. The van der Waals surface area contributed by atoms with E-state index in [1.54, 1.807) is 44.2 Å². The van der Waals surface area contributed by atoms with Gasteiger partial charge in [-0.15, -0.1) is 0 Å². The molecular weight excluding hydrogens is 376 g/mol. The molecule has 1 amide bonds. The number of aliphatic carboxylic acids is 1. The molecule has 0 radical (unpaired) electrons. The maximum absolute atomic E-state index is 12.3. The van der Waals surface area contributed by atoms with Crippen LogP contribution in [0.25, 0.3) is 11.0 Å². The maximum atomic E-state index is 12.3. The Morgan fingerprint density at radius 1 is 1.21 bits per heavy atom. The molecule has 9 heteroatoms. The van der Waals surface area contributed by atoms with Crippen LogP contribution in [0.4, 0.5) is 0 Å². The molecule has 1 atom stereocenters. The summed E-state index contributed by atoms with van der Waals surface area (Å²) in [5, 5.41) is 16.6. The highest BCUT2D eigenvalue weighted by Gasteiger charge is 2.19. The van der Waals surface area contributed by atoms with E-state index in [1.165, 1.54) is 6.20 Å². The van der Waals surface area contributed by atoms with Crippen LogP contribution in [-0.4, -0.2) is 52.0 Å². The Kier molecular flexibility index (Phi) is 5.96. The van der Waals surface area contributed by atoms with Crippen molar-refractivity contribution in [3.8, 4) is 11.5 Å². The lowest BCUT2D eigenvalue weighted by Gasteiger charge is -2.12. The van der Waals surface area contributed by atoms with E-state index in [2.05, 4.69) is 15.4 Å². The van der Waals surface area contributed by atoms with Gasteiger partial charge in [0, 0.05) is 23.2 Å². The van der Waals surface area contributed by atoms with E-state index in [0.29, 0.717) is 35.5 Å². The summed E-state index contributed by atoms with van der Waals surface area (Å²) in [6, 6.07) is 6.23. The van der Waals surface area contributed by atoms with Crippen molar-refractivity contribution >= 4 is 22.9 Å². The van der Waals surface area contributed by atoms with Gasteiger partial charge < -0.3 is 19.9 Å². The van der Waals surface area contributed by atoms with Gasteiger partial charge in [0.05, 0.1) is 32.5 Å². The predicted molar refractivity (Wildman–Crippen MR) is 105 cm³/mol. The third-order valence-corrected chi connectivity index (χ3v) is 4.56. The molecule has 3 rings (SSSR count). The number of methoxy groups -OCH3 is 2. The molecule has 2 aromatic heterocycles. The summed E-state index contributed by atoms with van der Waals surface area (Å²) in [6.45, 7) is 2.12. The maximum Gasteiger partial charge on any atom is 0.326 e. The third kappa shape index (κ3) is 4.29. The molecule has 0 aliphatic heterocycles. The number of rotatable bonds is 8. The average Bonchev–Trinajstić information content (AvgIpc) is 3.13. The minimum Gasteiger partial charge on any atom is -0.497 e. The van der Waals surface area contributed by atoms with Crippen LogP contribution in [0.5, 0.6) is 11.5 Å². The lowest BCUT2D eigenvalue weighted by atomic mass is 10.1. The molecule has 1 aromatic carbocycles. The first-order valence-corrected chi connectivity index (χ1v) is 9.03. The van der Waals surface area contributed by atoms with Gasteiger partial charge in [0.25, 0.3) is 5.91 Å². The number of carboxylic acid groups (broad SMARTS) is 1. The number of aromatic nitrogens is 3. The molecule has 1 unspecified atom stereocenters. The molecule has 0 aliphatic carbocycles. The van der Waals surface area contributed by atoms with Crippen LogP contribution in [0, 0.1) is 0 Å². The summed E-state index contributed by atoms with van der Waals surface area (Å²) in [5.41, 5.74) is 1.78. The fraction of sp³-hybridized carbons (Fsp3) is 0.300. The van der Waals surface area contributed by atoms with Gasteiger partial charge in [-0.3, -0.25) is 4.79 Å². The molecule has 0 aliphatic rings. The summed E-state index contributed by atoms with van der Waals surface area (Å²) in [7, 11) is 3.18. The fourth-order valence-electron chi connectivity index (χ4n) is 2.94. The number of ether oxygens (including phenoxy) is 2. The van der Waals surface area contributed by atoms with Crippen molar-refractivity contribution in [2.45, 2.75) is 25.9 Å². The normalized spacial score (nSPS) is 11.8. The summed E-state index contributed by atoms with van der Waals surface area (Å²) in [6.07, 6.45) is 3.32. The van der Waals surface area contributed by atoms with Gasteiger partial charge in [-0.05, 0) is 24.6 Å². The van der Waals surface area contributed by atoms with Gasteiger partial charge in [-0.2, -0.15) is 5.10 Å². The zero-order chi connectivity index (χ0) is 21.0. The second-order valence-electron chi connectivity index (χ2n) is 6.39. The van der Waals surface area contributed by atoms with Gasteiger partial charge in [0.1, 0.15) is 17.5 Å². The molecule has 9 nitrogen and oxygen atoms in total. The van der Waals surface area contributed by atoms with E-state index >= 15 is 0 Å². The molecule has 0 saturated carbocycles. The van der Waals surface area contributed by atoms with Crippen molar-refractivity contribution in [2.75, 3.05) is 14.2 Å². The lowest BCUT2D eigenvalue weighted by molar-refractivity contribution is -0.139. The van der Waals surface area contributed by atoms with Crippen molar-refractivity contribution in [3.63, 3.8) is 0 Å². The number of hydrogen-bond acceptors (Lipinski definition) is 6. The number of fused-ring (bicyclic) bond motifs is 1. The summed E-state index contributed by atoms with van der Waals surface area (Å²) in [4.78, 5) is 27.8. The number of carbonyl (C=O) groups excluding carboxylic acids is 1. The van der Waals surface area contributed by atoms with Crippen LogP contribution in [0.1, 0.15) is 29.3 Å². The van der Waals surface area contributed by atoms with Gasteiger partial charge in [-0.1, -0.05) is 6.92 Å². The quantitative estimate of drug-likeness (QED) is 0.597. The highest BCUT2D eigenvalue weighted by molar-refractivity contribution is 5.98. The van der Waals surface area contributed by atoms with E-state index in [4.69, 9.17) is 14.6 Å². The van der Waals surface area contributed by atoms with E-state index in [9.17, 15) is 9.59 Å². The van der Waals surface area contributed by atoms with E-state index in [1.807, 2.05) is 12.1 Å². The highest BCUT2D eigenvalue weighted by Crippen LogP contribution is 2.26. The number of pyridine rings is 1. The van der Waals surface area contributed by atoms with Gasteiger partial charge >= 0.3 is 5.97 Å². The van der Waals surface area contributed by atoms with Crippen molar-refractivity contribution < 1.29 is 24.2 Å². The summed E-state index contributed by atoms with van der Waals surface area (Å²) in [5.74, 6) is -0.200. The van der Waals surface area contributed by atoms with E-state index < -0.39 is 17.9 Å². The van der Waals surface area contributed by atoms with Crippen molar-refractivity contribution in [2.24, 2.45) is 0 Å². The Balaban J connectivity index is 1.84. The number of carbonyl (C=O) groups is 2. The number of nitrogens with zero attached hydrogens (tertiary/aromatic N) is 3. The second kappa shape index (κ2) is 8.59. The molecule has 3 aromatic rings. The Hall–Kier alpha value is -3.62. The first-order chi connectivity index (χ1) is 14.0. The Morgan fingerprint density at radius 3 is 2.66 bits per heavy atom. The zero-order valence-corrected chi connectivity index (χ0v) is 16.4. The smallest absolute Gasteiger partial charge is 0.326 e. The molecule has 29 heavy (non-hydrogen) atoms. The summed E-state index contributed by atoms with van der Waals surface area (Å²) < 4.78 is 12.3. The monoisotopic (exact) mass is 398 g/mol. The predicted octanol–water partition coefficient (Wildman–Crippen LogP) is 2.09. The molecule has 2 N–H and O–H groups in total. The number of amides is 1. The standard InChI is InChI=1S/C20H22N4O5/c1-4-16(20(26)27)23-19(25)14-7-13-10-22-24(18(13)21-9-14)11-12-5-6-15(28-2)8-17(12)29-3/h5-10,16H,4,11H2,1-3H3,(H,23,25)(H,26,27). The first-order valence-electron chi connectivity index (χ1n) is 9.03. The van der Waals surface area contributed by atoms with E-state index in [0.717, 1.165) is 5.56 Å². The molecular formula is C20H22N4O5. The van der Waals surface area contributed by atoms with Crippen LogP contribution < -0.4 is 14.8 Å². The van der Waals surface area contributed by atoms with Crippen LogP contribution in [0.3, 0.4) is 0 Å². The van der Waals surface area contributed by atoms with Crippen LogP contribution in [-0.2, 0) is 11.3 Å². The van der Waals surface area contributed by atoms with Crippen LogP contribution in [0.15, 0.2) is 36.7 Å². The highest BCUT2D eigenvalue weighted by atomic mass is 16.5. The van der Waals surface area contributed by atoms with Crippen molar-refractivity contribution in [1.29, 1.82) is 0 Å². The van der Waals surface area contributed by atoms with E-state index in [-0.39, 0.29) is 5.56 Å². The zero-order valence-electron chi connectivity index (χ0n) is 16.4. The number of hydrogen-bond donors (Lipinski definition) is 2. The Labute approximate surface area is 167 Å². The Morgan fingerprint density at radius 2 is 2.00 bits per heavy atom. The number of nitrogens with one attached hydrogen (secondary N) is 1. The minimum absolute atomic E-state index is 0.277. The van der Waals surface area contributed by atoms with Gasteiger partial charge in [0.15, 0.2) is 5.65 Å². The lowest BCUT2D eigenvalue weighted by Crippen LogP contribution is -2.40. The average molecular weight is 398 g/mol. The SMILES string of the molecule is CCC(NC(=O)c1cnc2c(cnn2Cc2ccc(OC)cc2OC)c1)C(=O)O. The second-order valence-corrected chi connectivity index (χ2v) is 6.39. The molecule has 152 valence electrons. The fourth-order valence-corrected chi connectivity index (χ4v) is 2.94. The molecule has 0 fully saturated rings. The number of benzene rings is 1. The van der Waals surface area contributed by atoms with Crippen molar-refractivity contribution in [3.05, 3.63) is 47.8 Å². The van der Waals surface area contributed by atoms with Gasteiger partial charge in [0.2, 0.25) is 0 Å². The van der Waals surface area contributed by atoms with Crippen molar-refractivity contribution in [1.82, 2.24) is 20.1 Å². The van der Waals surface area contributed by atoms with Gasteiger partial charge in [-0.25, -0.2) is 14.5 Å².